The van der Waals surface area contributed by atoms with Gasteiger partial charge in [0, 0.05) is 10.0 Å². The normalized spacial score (nSPS) is 13.4. The van der Waals surface area contributed by atoms with Crippen molar-refractivity contribution in [1.29, 1.82) is 0 Å². The molecule has 0 unspecified atom stereocenters. The third-order valence-corrected chi connectivity index (χ3v) is 3.98. The Morgan fingerprint density at radius 1 is 1.37 bits per heavy atom. The van der Waals surface area contributed by atoms with E-state index in [4.69, 9.17) is 0 Å². The minimum absolute atomic E-state index is 0.0202. The number of nitrogens with one attached hydrogen (secondary N) is 2. The van der Waals surface area contributed by atoms with Crippen LogP contribution in [0.5, 0.6) is 0 Å². The number of aryl methyl sites for hydroxylation is 2. The van der Waals surface area contributed by atoms with Gasteiger partial charge < -0.3 is 5.32 Å². The van der Waals surface area contributed by atoms with Gasteiger partial charge in [0.05, 0.1) is 11.4 Å². The van der Waals surface area contributed by atoms with Crippen molar-refractivity contribution in [2.75, 3.05) is 5.32 Å². The SMILES string of the molecule is Cc1ccc(Nc2nc3c(c(=O)[nH]2)CCC3)c(Br)c1. The van der Waals surface area contributed by atoms with E-state index in [0.717, 1.165) is 40.7 Å². The summed E-state index contributed by atoms with van der Waals surface area (Å²) >= 11 is 3.50. The molecule has 5 heteroatoms. The Labute approximate surface area is 119 Å². The molecule has 0 saturated heterocycles. The number of H-pyrrole nitrogens is 1. The minimum Gasteiger partial charge on any atom is -0.325 e. The number of aromatic nitrogens is 2. The molecule has 0 bridgehead atoms. The first-order valence-electron chi connectivity index (χ1n) is 6.29. The van der Waals surface area contributed by atoms with Crippen LogP contribution in [-0.4, -0.2) is 9.97 Å². The summed E-state index contributed by atoms with van der Waals surface area (Å²) < 4.78 is 0.954. The molecule has 0 saturated carbocycles. The summed E-state index contributed by atoms with van der Waals surface area (Å²) in [6, 6.07) is 6.00. The van der Waals surface area contributed by atoms with Crippen LogP contribution in [0.2, 0.25) is 0 Å². The lowest BCUT2D eigenvalue weighted by Gasteiger charge is -2.09. The molecule has 1 aromatic heterocycles. The first-order chi connectivity index (χ1) is 9.13. The molecule has 1 aliphatic rings. The highest BCUT2D eigenvalue weighted by Crippen LogP contribution is 2.26. The van der Waals surface area contributed by atoms with Crippen LogP contribution in [0, 0.1) is 6.92 Å². The maximum atomic E-state index is 11.9. The third kappa shape index (κ3) is 2.42. The molecule has 0 spiro atoms. The van der Waals surface area contributed by atoms with Gasteiger partial charge in [-0.3, -0.25) is 9.78 Å². The quantitative estimate of drug-likeness (QED) is 0.894. The van der Waals surface area contributed by atoms with Crippen molar-refractivity contribution in [3.05, 3.63) is 49.8 Å². The molecular weight excluding hydrogens is 306 g/mol. The second kappa shape index (κ2) is 4.81. The van der Waals surface area contributed by atoms with Gasteiger partial charge in [0.25, 0.3) is 5.56 Å². The number of aromatic amines is 1. The zero-order valence-electron chi connectivity index (χ0n) is 10.6. The highest BCUT2D eigenvalue weighted by Gasteiger charge is 2.17. The van der Waals surface area contributed by atoms with Gasteiger partial charge in [0.1, 0.15) is 0 Å². The maximum Gasteiger partial charge on any atom is 0.255 e. The molecule has 98 valence electrons. The fraction of sp³-hybridized carbons (Fsp3) is 0.286. The lowest BCUT2D eigenvalue weighted by atomic mass is 10.2. The molecule has 0 radical (unpaired) electrons. The Hall–Kier alpha value is -1.62. The summed E-state index contributed by atoms with van der Waals surface area (Å²) in [5, 5.41) is 3.16. The summed E-state index contributed by atoms with van der Waals surface area (Å²) in [4.78, 5) is 19.2. The number of rotatable bonds is 2. The monoisotopic (exact) mass is 319 g/mol. The van der Waals surface area contributed by atoms with Crippen molar-refractivity contribution in [2.45, 2.75) is 26.2 Å². The molecule has 0 amide bonds. The lowest BCUT2D eigenvalue weighted by Crippen LogP contribution is -2.16. The second-order valence-electron chi connectivity index (χ2n) is 4.80. The van der Waals surface area contributed by atoms with E-state index in [-0.39, 0.29) is 5.56 Å². The van der Waals surface area contributed by atoms with Crippen LogP contribution in [0.25, 0.3) is 0 Å². The zero-order valence-corrected chi connectivity index (χ0v) is 12.2. The largest absolute Gasteiger partial charge is 0.325 e. The van der Waals surface area contributed by atoms with Crippen molar-refractivity contribution >= 4 is 27.6 Å². The maximum absolute atomic E-state index is 11.9. The summed E-state index contributed by atoms with van der Waals surface area (Å²) in [5.74, 6) is 0.509. The van der Waals surface area contributed by atoms with Crippen LogP contribution in [0.15, 0.2) is 27.5 Å². The van der Waals surface area contributed by atoms with Crippen LogP contribution >= 0.6 is 15.9 Å². The van der Waals surface area contributed by atoms with Crippen LogP contribution in [0.3, 0.4) is 0 Å². The Morgan fingerprint density at radius 3 is 3.00 bits per heavy atom. The number of nitrogens with zero attached hydrogens (tertiary/aromatic N) is 1. The van der Waals surface area contributed by atoms with Gasteiger partial charge in [-0.05, 0) is 59.8 Å². The van der Waals surface area contributed by atoms with E-state index in [9.17, 15) is 4.79 Å². The van der Waals surface area contributed by atoms with E-state index in [1.807, 2.05) is 25.1 Å². The molecule has 1 aromatic carbocycles. The number of hydrogen-bond donors (Lipinski definition) is 2. The molecule has 4 nitrogen and oxygen atoms in total. The van der Waals surface area contributed by atoms with Crippen molar-refractivity contribution in [3.8, 4) is 0 Å². The molecule has 0 aliphatic heterocycles. The first kappa shape index (κ1) is 12.4. The Balaban J connectivity index is 1.96. The summed E-state index contributed by atoms with van der Waals surface area (Å²) in [7, 11) is 0. The van der Waals surface area contributed by atoms with Crippen molar-refractivity contribution in [3.63, 3.8) is 0 Å². The third-order valence-electron chi connectivity index (χ3n) is 3.32. The number of halogens is 1. The van der Waals surface area contributed by atoms with Crippen LogP contribution in [0.1, 0.15) is 23.2 Å². The molecule has 0 fully saturated rings. The first-order valence-corrected chi connectivity index (χ1v) is 7.08. The Bertz CT molecular complexity index is 694. The zero-order chi connectivity index (χ0) is 13.4. The molecule has 2 aromatic rings. The van der Waals surface area contributed by atoms with Gasteiger partial charge in [-0.25, -0.2) is 4.98 Å². The molecule has 19 heavy (non-hydrogen) atoms. The molecule has 3 rings (SSSR count). The van der Waals surface area contributed by atoms with Gasteiger partial charge >= 0.3 is 0 Å². The average Bonchev–Trinajstić information content (AvgIpc) is 2.81. The lowest BCUT2D eigenvalue weighted by molar-refractivity contribution is 0.899. The molecule has 1 aliphatic carbocycles. The fourth-order valence-corrected chi connectivity index (χ4v) is 2.94. The summed E-state index contributed by atoms with van der Waals surface area (Å²) in [6.07, 6.45) is 2.75. The number of benzene rings is 1. The Kier molecular flexibility index (Phi) is 3.14. The van der Waals surface area contributed by atoms with Crippen LogP contribution in [0.4, 0.5) is 11.6 Å². The van der Waals surface area contributed by atoms with Crippen LogP contribution in [-0.2, 0) is 12.8 Å². The minimum atomic E-state index is -0.0202. The number of fused-ring (bicyclic) bond motifs is 1. The average molecular weight is 320 g/mol. The molecular formula is C14H14BrN3O. The van der Waals surface area contributed by atoms with E-state index in [1.165, 1.54) is 5.56 Å². The van der Waals surface area contributed by atoms with E-state index < -0.39 is 0 Å². The standard InChI is InChI=1S/C14H14BrN3O/c1-8-5-6-12(10(15)7-8)17-14-16-11-4-2-3-9(11)13(19)18-14/h5-7H,2-4H2,1H3,(H2,16,17,18,19). The van der Waals surface area contributed by atoms with Gasteiger partial charge in [0.2, 0.25) is 5.95 Å². The van der Waals surface area contributed by atoms with Crippen LogP contribution < -0.4 is 10.9 Å². The topological polar surface area (TPSA) is 57.8 Å². The van der Waals surface area contributed by atoms with Gasteiger partial charge in [0.15, 0.2) is 0 Å². The van der Waals surface area contributed by atoms with Crippen molar-refractivity contribution in [2.24, 2.45) is 0 Å². The number of anilines is 2. The fourth-order valence-electron chi connectivity index (χ4n) is 2.35. The van der Waals surface area contributed by atoms with Crippen molar-refractivity contribution < 1.29 is 0 Å². The second-order valence-corrected chi connectivity index (χ2v) is 5.66. The molecule has 0 atom stereocenters. The number of hydrogen-bond acceptors (Lipinski definition) is 3. The predicted molar refractivity (Wildman–Crippen MR) is 79.0 cm³/mol. The predicted octanol–water partition coefficient (Wildman–Crippen LogP) is 3.07. The highest BCUT2D eigenvalue weighted by molar-refractivity contribution is 9.10. The smallest absolute Gasteiger partial charge is 0.255 e. The van der Waals surface area contributed by atoms with E-state index >= 15 is 0 Å². The summed E-state index contributed by atoms with van der Waals surface area (Å²) in [6.45, 7) is 2.03. The van der Waals surface area contributed by atoms with Gasteiger partial charge in [-0.15, -0.1) is 0 Å². The van der Waals surface area contributed by atoms with E-state index in [0.29, 0.717) is 5.95 Å². The molecule has 2 N–H and O–H groups in total. The highest BCUT2D eigenvalue weighted by atomic mass is 79.9. The Morgan fingerprint density at radius 2 is 2.21 bits per heavy atom. The van der Waals surface area contributed by atoms with E-state index in [1.54, 1.807) is 0 Å². The van der Waals surface area contributed by atoms with Gasteiger partial charge in [-0.1, -0.05) is 6.07 Å². The van der Waals surface area contributed by atoms with Gasteiger partial charge in [-0.2, -0.15) is 0 Å². The molecule has 1 heterocycles. The van der Waals surface area contributed by atoms with E-state index in [2.05, 4.69) is 31.2 Å². The summed E-state index contributed by atoms with van der Waals surface area (Å²) in [5.41, 5.74) is 3.82. The van der Waals surface area contributed by atoms with Crippen molar-refractivity contribution in [1.82, 2.24) is 9.97 Å².